The topological polar surface area (TPSA) is 98.3 Å². The summed E-state index contributed by atoms with van der Waals surface area (Å²) in [6.07, 6.45) is 0. The molecule has 19 heavy (non-hydrogen) atoms. The lowest BCUT2D eigenvalue weighted by Crippen LogP contribution is -2.23. The number of hydrogen-bond donors (Lipinski definition) is 2. The highest BCUT2D eigenvalue weighted by molar-refractivity contribution is 5.99. The summed E-state index contributed by atoms with van der Waals surface area (Å²) in [7, 11) is 0. The zero-order chi connectivity index (χ0) is 15.4. The molecule has 1 aromatic carbocycles. The minimum absolute atomic E-state index is 0.131. The molecule has 3 N–H and O–H groups in total. The van der Waals surface area contributed by atoms with E-state index in [1.807, 2.05) is 27.7 Å². The SMILES string of the molecule is CC.CC.CCNC(=O)c1cc([N+](=O)[O-])ccc1N. The third-order valence-electron chi connectivity index (χ3n) is 1.83. The number of benzene rings is 1. The predicted octanol–water partition coefficient (Wildman–Crippen LogP) is 2.98. The standard InChI is InChI=1S/C9H11N3O3.2C2H6/c1-2-11-9(13)7-5-6(12(14)15)3-4-8(7)10;2*1-2/h3-5H,2,10H2,1H3,(H,11,13);2*1-2H3. The lowest BCUT2D eigenvalue weighted by Gasteiger charge is -2.04. The van der Waals surface area contributed by atoms with Crippen molar-refractivity contribution < 1.29 is 9.72 Å². The normalized spacial score (nSPS) is 8.26. The Balaban J connectivity index is 0. The fraction of sp³-hybridized carbons (Fsp3) is 0.462. The van der Waals surface area contributed by atoms with E-state index in [2.05, 4.69) is 5.32 Å². The van der Waals surface area contributed by atoms with Crippen LogP contribution >= 0.6 is 0 Å². The van der Waals surface area contributed by atoms with Crippen LogP contribution in [-0.2, 0) is 0 Å². The van der Waals surface area contributed by atoms with Gasteiger partial charge in [0, 0.05) is 24.4 Å². The van der Waals surface area contributed by atoms with Gasteiger partial charge in [0.05, 0.1) is 10.5 Å². The second-order valence-corrected chi connectivity index (χ2v) is 2.89. The average molecular weight is 269 g/mol. The largest absolute Gasteiger partial charge is 0.398 e. The summed E-state index contributed by atoms with van der Waals surface area (Å²) >= 11 is 0. The van der Waals surface area contributed by atoms with E-state index in [1.165, 1.54) is 18.2 Å². The number of rotatable bonds is 3. The van der Waals surface area contributed by atoms with Gasteiger partial charge in [-0.1, -0.05) is 27.7 Å². The number of nitrogen functional groups attached to an aromatic ring is 1. The van der Waals surface area contributed by atoms with Crippen LogP contribution in [0.25, 0.3) is 0 Å². The Bertz CT molecular complexity index is 406. The molecule has 0 atom stereocenters. The third-order valence-corrected chi connectivity index (χ3v) is 1.83. The molecule has 1 amide bonds. The highest BCUT2D eigenvalue weighted by Crippen LogP contribution is 2.19. The number of nitrogens with zero attached hydrogens (tertiary/aromatic N) is 1. The Hall–Kier alpha value is -2.11. The van der Waals surface area contributed by atoms with E-state index >= 15 is 0 Å². The van der Waals surface area contributed by atoms with Gasteiger partial charge in [-0.15, -0.1) is 0 Å². The van der Waals surface area contributed by atoms with Crippen LogP contribution in [0.4, 0.5) is 11.4 Å². The molecule has 0 aliphatic carbocycles. The van der Waals surface area contributed by atoms with Crippen molar-refractivity contribution in [3.63, 3.8) is 0 Å². The number of nitrogens with two attached hydrogens (primary N) is 1. The Labute approximate surface area is 114 Å². The molecule has 0 saturated heterocycles. The maximum Gasteiger partial charge on any atom is 0.270 e. The van der Waals surface area contributed by atoms with Crippen LogP contribution in [0.5, 0.6) is 0 Å². The molecule has 0 radical (unpaired) electrons. The molecule has 6 heteroatoms. The molecule has 6 nitrogen and oxygen atoms in total. The van der Waals surface area contributed by atoms with Crippen molar-refractivity contribution in [1.29, 1.82) is 0 Å². The van der Waals surface area contributed by atoms with Crippen LogP contribution in [0, 0.1) is 10.1 Å². The second-order valence-electron chi connectivity index (χ2n) is 2.89. The molecule has 0 unspecified atom stereocenters. The van der Waals surface area contributed by atoms with Crippen LogP contribution in [0.1, 0.15) is 45.0 Å². The van der Waals surface area contributed by atoms with Gasteiger partial charge >= 0.3 is 0 Å². The predicted molar refractivity (Wildman–Crippen MR) is 78.2 cm³/mol. The number of hydrogen-bond acceptors (Lipinski definition) is 4. The number of non-ortho nitro benzene ring substituents is 1. The van der Waals surface area contributed by atoms with Gasteiger partial charge in [0.25, 0.3) is 11.6 Å². The number of carbonyl (C=O) groups is 1. The molecular formula is C13H23N3O3. The van der Waals surface area contributed by atoms with E-state index < -0.39 is 10.8 Å². The van der Waals surface area contributed by atoms with E-state index in [0.29, 0.717) is 6.54 Å². The van der Waals surface area contributed by atoms with Crippen molar-refractivity contribution in [3.05, 3.63) is 33.9 Å². The monoisotopic (exact) mass is 269 g/mol. The smallest absolute Gasteiger partial charge is 0.270 e. The summed E-state index contributed by atoms with van der Waals surface area (Å²) in [4.78, 5) is 21.3. The van der Waals surface area contributed by atoms with Crippen LogP contribution in [-0.4, -0.2) is 17.4 Å². The van der Waals surface area contributed by atoms with Gasteiger partial charge in [-0.05, 0) is 13.0 Å². The van der Waals surface area contributed by atoms with E-state index in [9.17, 15) is 14.9 Å². The van der Waals surface area contributed by atoms with Gasteiger partial charge < -0.3 is 11.1 Å². The minimum atomic E-state index is -0.567. The fourth-order valence-electron chi connectivity index (χ4n) is 1.11. The number of amides is 1. The summed E-state index contributed by atoms with van der Waals surface area (Å²) < 4.78 is 0. The van der Waals surface area contributed by atoms with Crippen molar-refractivity contribution in [2.24, 2.45) is 0 Å². The quantitative estimate of drug-likeness (QED) is 0.500. The van der Waals surface area contributed by atoms with Gasteiger partial charge in [-0.2, -0.15) is 0 Å². The van der Waals surface area contributed by atoms with Crippen molar-refractivity contribution in [3.8, 4) is 0 Å². The Morgan fingerprint density at radius 2 is 1.84 bits per heavy atom. The fourth-order valence-corrected chi connectivity index (χ4v) is 1.11. The van der Waals surface area contributed by atoms with Crippen LogP contribution < -0.4 is 11.1 Å². The third kappa shape index (κ3) is 6.40. The van der Waals surface area contributed by atoms with E-state index in [4.69, 9.17) is 5.73 Å². The van der Waals surface area contributed by atoms with Gasteiger partial charge in [0.15, 0.2) is 0 Å². The zero-order valence-electron chi connectivity index (χ0n) is 12.2. The molecule has 108 valence electrons. The number of nitro benzene ring substituents is 1. The summed E-state index contributed by atoms with van der Waals surface area (Å²) in [5.74, 6) is -0.404. The lowest BCUT2D eigenvalue weighted by molar-refractivity contribution is -0.384. The molecule has 0 saturated carbocycles. The molecular weight excluding hydrogens is 246 g/mol. The highest BCUT2D eigenvalue weighted by Gasteiger charge is 2.14. The second kappa shape index (κ2) is 11.0. The molecule has 0 aliphatic rings. The number of nitro groups is 1. The summed E-state index contributed by atoms with van der Waals surface area (Å²) in [6.45, 7) is 10.2. The lowest BCUT2D eigenvalue weighted by atomic mass is 10.1. The first-order valence-electron chi connectivity index (χ1n) is 6.38. The van der Waals surface area contributed by atoms with Crippen molar-refractivity contribution in [1.82, 2.24) is 5.32 Å². The first-order chi connectivity index (χ1) is 9.06. The van der Waals surface area contributed by atoms with Crippen molar-refractivity contribution in [2.75, 3.05) is 12.3 Å². The number of anilines is 1. The minimum Gasteiger partial charge on any atom is -0.398 e. The molecule has 1 aromatic rings. The molecule has 0 fully saturated rings. The Kier molecular flexibility index (Phi) is 11.1. The van der Waals surface area contributed by atoms with Gasteiger partial charge in [-0.25, -0.2) is 0 Å². The van der Waals surface area contributed by atoms with Gasteiger partial charge in [-0.3, -0.25) is 14.9 Å². The Morgan fingerprint density at radius 3 is 2.26 bits per heavy atom. The van der Waals surface area contributed by atoms with Gasteiger partial charge in [0.2, 0.25) is 0 Å². The molecule has 0 heterocycles. The van der Waals surface area contributed by atoms with Crippen LogP contribution in [0.3, 0.4) is 0 Å². The van der Waals surface area contributed by atoms with Gasteiger partial charge in [0.1, 0.15) is 0 Å². The van der Waals surface area contributed by atoms with Crippen molar-refractivity contribution >= 4 is 17.3 Å². The number of carbonyl (C=O) groups excluding carboxylic acids is 1. The van der Waals surface area contributed by atoms with E-state index in [-0.39, 0.29) is 16.9 Å². The summed E-state index contributed by atoms with van der Waals surface area (Å²) in [5.41, 5.74) is 5.75. The molecule has 0 aliphatic heterocycles. The molecule has 0 aromatic heterocycles. The highest BCUT2D eigenvalue weighted by atomic mass is 16.6. The average Bonchev–Trinajstić information content (AvgIpc) is 2.43. The Morgan fingerprint density at radius 1 is 1.32 bits per heavy atom. The summed E-state index contributed by atoms with van der Waals surface area (Å²) in [5, 5.41) is 13.0. The van der Waals surface area contributed by atoms with E-state index in [1.54, 1.807) is 6.92 Å². The number of nitrogens with one attached hydrogen (secondary N) is 1. The van der Waals surface area contributed by atoms with Crippen molar-refractivity contribution in [2.45, 2.75) is 34.6 Å². The van der Waals surface area contributed by atoms with E-state index in [0.717, 1.165) is 0 Å². The summed E-state index contributed by atoms with van der Waals surface area (Å²) in [6, 6.07) is 3.78. The molecule has 0 bridgehead atoms. The maximum atomic E-state index is 11.4. The first-order valence-corrected chi connectivity index (χ1v) is 6.38. The zero-order valence-corrected chi connectivity index (χ0v) is 12.2. The molecule has 1 rings (SSSR count). The molecule has 0 spiro atoms. The maximum absolute atomic E-state index is 11.4. The first kappa shape index (κ1) is 19.2. The van der Waals surface area contributed by atoms with Crippen LogP contribution in [0.2, 0.25) is 0 Å². The van der Waals surface area contributed by atoms with Crippen LogP contribution in [0.15, 0.2) is 18.2 Å².